The quantitative estimate of drug-likeness (QED) is 0.310. The Balaban J connectivity index is 1.44. The van der Waals surface area contributed by atoms with Gasteiger partial charge in [0.1, 0.15) is 5.82 Å². The molecule has 1 heterocycles. The number of carbonyl (C=O) groups is 1. The van der Waals surface area contributed by atoms with Crippen LogP contribution < -0.4 is 16.4 Å². The van der Waals surface area contributed by atoms with Gasteiger partial charge in [-0.2, -0.15) is 0 Å². The van der Waals surface area contributed by atoms with Gasteiger partial charge in [0.05, 0.1) is 12.5 Å². The fourth-order valence-electron chi connectivity index (χ4n) is 3.94. The zero-order chi connectivity index (χ0) is 24.4. The maximum atomic E-state index is 12.4. The number of amides is 1. The minimum Gasteiger partial charge on any atom is -0.387 e. The third-order valence-electron chi connectivity index (χ3n) is 5.78. The van der Waals surface area contributed by atoms with Crippen LogP contribution in [0.2, 0.25) is 0 Å². The molecule has 5 N–H and O–H groups in total. The van der Waals surface area contributed by atoms with E-state index in [1.807, 2.05) is 30.3 Å². The Bertz CT molecular complexity index is 1040. The zero-order valence-electron chi connectivity index (χ0n) is 20.1. The second-order valence-corrected chi connectivity index (χ2v) is 9.41. The van der Waals surface area contributed by atoms with Gasteiger partial charge in [-0.1, -0.05) is 60.7 Å². The second kappa shape index (κ2) is 12.3. The van der Waals surface area contributed by atoms with Crippen LogP contribution in [0.15, 0.2) is 72.9 Å². The highest BCUT2D eigenvalue weighted by Gasteiger charge is 2.20. The van der Waals surface area contributed by atoms with Gasteiger partial charge in [0.15, 0.2) is 0 Å². The van der Waals surface area contributed by atoms with Gasteiger partial charge >= 0.3 is 0 Å². The van der Waals surface area contributed by atoms with Crippen LogP contribution in [0, 0.1) is 0 Å². The summed E-state index contributed by atoms with van der Waals surface area (Å²) in [6.07, 6.45) is 3.97. The first-order valence-electron chi connectivity index (χ1n) is 11.8. The highest BCUT2D eigenvalue weighted by Crippen LogP contribution is 2.17. The number of aromatic nitrogens is 1. The van der Waals surface area contributed by atoms with Crippen molar-refractivity contribution in [2.24, 2.45) is 0 Å². The zero-order valence-corrected chi connectivity index (χ0v) is 20.1. The first-order valence-corrected chi connectivity index (χ1v) is 11.8. The van der Waals surface area contributed by atoms with Crippen LogP contribution in [0.5, 0.6) is 0 Å². The second-order valence-electron chi connectivity index (χ2n) is 9.41. The van der Waals surface area contributed by atoms with Crippen molar-refractivity contribution in [2.45, 2.75) is 51.2 Å². The van der Waals surface area contributed by atoms with Crippen LogP contribution in [-0.4, -0.2) is 34.6 Å². The van der Waals surface area contributed by atoms with Crippen LogP contribution in [-0.2, 0) is 24.1 Å². The molecule has 6 heteroatoms. The van der Waals surface area contributed by atoms with Crippen LogP contribution >= 0.6 is 0 Å². The lowest BCUT2D eigenvalue weighted by atomic mass is 9.93. The summed E-state index contributed by atoms with van der Waals surface area (Å²) in [5, 5.41) is 16.9. The van der Waals surface area contributed by atoms with Crippen LogP contribution in [0.4, 0.5) is 5.82 Å². The molecule has 3 rings (SSSR count). The number of aliphatic hydroxyl groups excluding tert-OH is 1. The fraction of sp³-hybridized carbons (Fsp3) is 0.357. The molecule has 0 saturated heterocycles. The van der Waals surface area contributed by atoms with Crippen molar-refractivity contribution in [3.05, 3.63) is 95.2 Å². The molecule has 0 unspecified atom stereocenters. The Hall–Kier alpha value is -3.22. The highest BCUT2D eigenvalue weighted by molar-refractivity contribution is 5.78. The van der Waals surface area contributed by atoms with Gasteiger partial charge in [0.2, 0.25) is 5.91 Å². The van der Waals surface area contributed by atoms with E-state index in [1.54, 1.807) is 18.3 Å². The third-order valence-corrected chi connectivity index (χ3v) is 5.78. The molecule has 0 saturated carbocycles. The molecule has 0 fully saturated rings. The number of aryl methyl sites for hydroxylation is 1. The lowest BCUT2D eigenvalue weighted by Gasteiger charge is -2.28. The average Bonchev–Trinajstić information content (AvgIpc) is 2.81. The van der Waals surface area contributed by atoms with Crippen molar-refractivity contribution in [1.82, 2.24) is 15.6 Å². The summed E-state index contributed by atoms with van der Waals surface area (Å²) >= 11 is 0. The first-order chi connectivity index (χ1) is 16.3. The minimum atomic E-state index is -0.663. The summed E-state index contributed by atoms with van der Waals surface area (Å²) in [4.78, 5) is 16.4. The Morgan fingerprint density at radius 2 is 1.76 bits per heavy atom. The van der Waals surface area contributed by atoms with Gasteiger partial charge in [-0.15, -0.1) is 0 Å². The molecule has 1 atom stereocenters. The molecular weight excluding hydrogens is 424 g/mol. The van der Waals surface area contributed by atoms with Gasteiger partial charge < -0.3 is 21.5 Å². The van der Waals surface area contributed by atoms with Crippen LogP contribution in [0.1, 0.15) is 48.6 Å². The van der Waals surface area contributed by atoms with E-state index in [9.17, 15) is 9.90 Å². The molecule has 180 valence electrons. The number of pyridine rings is 1. The lowest BCUT2D eigenvalue weighted by molar-refractivity contribution is -0.120. The molecule has 0 aliphatic heterocycles. The van der Waals surface area contributed by atoms with Crippen LogP contribution in [0.3, 0.4) is 0 Å². The van der Waals surface area contributed by atoms with Gasteiger partial charge in [0.25, 0.3) is 0 Å². The Labute approximate surface area is 202 Å². The van der Waals surface area contributed by atoms with Gasteiger partial charge in [-0.3, -0.25) is 4.79 Å². The number of carbonyl (C=O) groups excluding carboxylic acids is 1. The number of hydrogen-bond acceptors (Lipinski definition) is 5. The normalized spacial score (nSPS) is 12.3. The maximum absolute atomic E-state index is 12.4. The van der Waals surface area contributed by atoms with Crippen molar-refractivity contribution in [3.63, 3.8) is 0 Å². The molecule has 6 nitrogen and oxygen atoms in total. The largest absolute Gasteiger partial charge is 0.387 e. The van der Waals surface area contributed by atoms with E-state index >= 15 is 0 Å². The molecule has 0 aliphatic carbocycles. The highest BCUT2D eigenvalue weighted by atomic mass is 16.3. The third kappa shape index (κ3) is 8.61. The standard InChI is InChI=1S/C28H36N4O2/c1-28(2,32-20-25(33)24-13-14-26(29)31-19-24)18-23-11-6-10-22(16-23)17-27(34)30-15-7-12-21-8-4-3-5-9-21/h3-6,8-11,13-14,16,19,25,32-33H,7,12,15,17-18,20H2,1-2H3,(H2,29,31)(H,30,34)/t25-/m1/s1. The molecule has 1 amide bonds. The summed E-state index contributed by atoms with van der Waals surface area (Å²) < 4.78 is 0. The van der Waals surface area contributed by atoms with E-state index in [1.165, 1.54) is 5.56 Å². The predicted octanol–water partition coefficient (Wildman–Crippen LogP) is 3.60. The monoisotopic (exact) mass is 460 g/mol. The molecule has 0 radical (unpaired) electrons. The molecule has 0 bridgehead atoms. The Morgan fingerprint density at radius 3 is 2.50 bits per heavy atom. The Kier molecular flexibility index (Phi) is 9.19. The molecule has 3 aromatic rings. The summed E-state index contributed by atoms with van der Waals surface area (Å²) in [6.45, 7) is 5.29. The smallest absolute Gasteiger partial charge is 0.224 e. The van der Waals surface area contributed by atoms with Gasteiger partial charge in [-0.25, -0.2) is 4.98 Å². The first kappa shape index (κ1) is 25.4. The lowest BCUT2D eigenvalue weighted by Crippen LogP contribution is -2.43. The van der Waals surface area contributed by atoms with E-state index < -0.39 is 6.10 Å². The molecular formula is C28H36N4O2. The van der Waals surface area contributed by atoms with Gasteiger partial charge in [-0.05, 0) is 55.9 Å². The van der Waals surface area contributed by atoms with Crippen LogP contribution in [0.25, 0.3) is 0 Å². The summed E-state index contributed by atoms with van der Waals surface area (Å²) in [5.74, 6) is 0.479. The number of nitrogens with one attached hydrogen (secondary N) is 2. The average molecular weight is 461 g/mol. The van der Waals surface area contributed by atoms with Crippen molar-refractivity contribution < 1.29 is 9.90 Å². The number of β-amino-alcohol motifs (C(OH)–C–C–N with tert-alkyl or cyclic N) is 1. The Morgan fingerprint density at radius 1 is 1.03 bits per heavy atom. The number of anilines is 1. The summed E-state index contributed by atoms with van der Waals surface area (Å²) in [5.41, 5.74) is 9.55. The van der Waals surface area contributed by atoms with Crippen molar-refractivity contribution in [3.8, 4) is 0 Å². The molecule has 0 spiro atoms. The fourth-order valence-corrected chi connectivity index (χ4v) is 3.94. The summed E-state index contributed by atoms with van der Waals surface area (Å²) in [7, 11) is 0. The SMILES string of the molecule is CC(C)(Cc1cccc(CC(=O)NCCCc2ccccc2)c1)NC[C@@H](O)c1ccc(N)nc1. The van der Waals surface area contributed by atoms with E-state index in [0.29, 0.717) is 25.3 Å². The van der Waals surface area contributed by atoms with E-state index in [2.05, 4.69) is 53.7 Å². The van der Waals surface area contributed by atoms with E-state index in [-0.39, 0.29) is 11.4 Å². The number of nitrogens with two attached hydrogens (primary N) is 1. The number of rotatable bonds is 12. The van der Waals surface area contributed by atoms with Crippen molar-refractivity contribution >= 4 is 11.7 Å². The van der Waals surface area contributed by atoms with Crippen molar-refractivity contribution in [1.29, 1.82) is 0 Å². The number of benzene rings is 2. The summed E-state index contributed by atoms with van der Waals surface area (Å²) in [6, 6.07) is 21.9. The molecule has 2 aromatic carbocycles. The predicted molar refractivity (Wildman–Crippen MR) is 137 cm³/mol. The number of aliphatic hydroxyl groups is 1. The molecule has 1 aromatic heterocycles. The van der Waals surface area contributed by atoms with E-state index in [0.717, 1.165) is 36.0 Å². The maximum Gasteiger partial charge on any atom is 0.224 e. The molecule has 0 aliphatic rings. The minimum absolute atomic E-state index is 0.0443. The number of hydrogen-bond donors (Lipinski definition) is 4. The topological polar surface area (TPSA) is 100 Å². The van der Waals surface area contributed by atoms with Crippen molar-refractivity contribution in [2.75, 3.05) is 18.8 Å². The van der Waals surface area contributed by atoms with E-state index in [4.69, 9.17) is 5.73 Å². The van der Waals surface area contributed by atoms with Gasteiger partial charge in [0, 0.05) is 30.4 Å². The number of nitrogens with zero attached hydrogens (tertiary/aromatic N) is 1. The molecule has 34 heavy (non-hydrogen) atoms. The number of nitrogen functional groups attached to an aromatic ring is 1.